The molecule has 0 aliphatic heterocycles. The number of furan rings is 1. The first kappa shape index (κ1) is 10.3. The van der Waals surface area contributed by atoms with Gasteiger partial charge in [-0.25, -0.2) is 9.07 Å². The van der Waals surface area contributed by atoms with Crippen molar-refractivity contribution in [3.63, 3.8) is 0 Å². The lowest BCUT2D eigenvalue weighted by Crippen LogP contribution is -1.95. The molecule has 0 aliphatic carbocycles. The zero-order chi connectivity index (χ0) is 12.8. The van der Waals surface area contributed by atoms with Gasteiger partial charge in [0, 0.05) is 17.8 Å². The largest absolute Gasteiger partial charge is 0.454 e. The number of fused-ring (bicyclic) bond motifs is 3. The summed E-state index contributed by atoms with van der Waals surface area (Å²) in [5, 5.41) is 5.46. The molecule has 4 aromatic rings. The molecule has 0 aliphatic rings. The van der Waals surface area contributed by atoms with Gasteiger partial charge in [-0.2, -0.15) is 5.10 Å². The number of para-hydroxylation sites is 1. The van der Waals surface area contributed by atoms with Gasteiger partial charge in [-0.1, -0.05) is 18.2 Å². The molecular formula is C15H9FN2O. The van der Waals surface area contributed by atoms with Crippen molar-refractivity contribution < 1.29 is 8.81 Å². The summed E-state index contributed by atoms with van der Waals surface area (Å²) < 4.78 is 21.5. The maximum Gasteiger partial charge on any atom is 0.164 e. The Labute approximate surface area is 107 Å². The molecule has 92 valence electrons. The van der Waals surface area contributed by atoms with Gasteiger partial charge in [0.25, 0.3) is 0 Å². The van der Waals surface area contributed by atoms with E-state index < -0.39 is 0 Å². The monoisotopic (exact) mass is 252 g/mol. The third kappa shape index (κ3) is 1.40. The number of benzene rings is 2. The van der Waals surface area contributed by atoms with Crippen LogP contribution in [0.15, 0.2) is 59.3 Å². The fraction of sp³-hybridized carbons (Fsp3) is 0. The molecule has 0 spiro atoms. The number of hydrogen-bond donors (Lipinski definition) is 0. The molecule has 0 saturated heterocycles. The summed E-state index contributed by atoms with van der Waals surface area (Å²) in [7, 11) is 0. The lowest BCUT2D eigenvalue weighted by Gasteiger charge is -2.02. The van der Waals surface area contributed by atoms with Crippen LogP contribution in [0.4, 0.5) is 4.39 Å². The summed E-state index contributed by atoms with van der Waals surface area (Å²) in [5.41, 5.74) is 1.93. The Kier molecular flexibility index (Phi) is 2.00. The number of halogens is 1. The van der Waals surface area contributed by atoms with Crippen molar-refractivity contribution in [1.82, 2.24) is 9.78 Å². The van der Waals surface area contributed by atoms with Crippen LogP contribution in [-0.2, 0) is 0 Å². The third-order valence-corrected chi connectivity index (χ3v) is 3.21. The lowest BCUT2D eigenvalue weighted by atomic mass is 10.1. The van der Waals surface area contributed by atoms with E-state index in [1.165, 1.54) is 6.07 Å². The van der Waals surface area contributed by atoms with Crippen molar-refractivity contribution in [3.8, 4) is 5.69 Å². The van der Waals surface area contributed by atoms with Crippen molar-refractivity contribution in [3.05, 3.63) is 60.7 Å². The Balaban J connectivity index is 2.20. The molecule has 0 radical (unpaired) electrons. The van der Waals surface area contributed by atoms with E-state index in [4.69, 9.17) is 4.42 Å². The van der Waals surface area contributed by atoms with Gasteiger partial charge in [-0.15, -0.1) is 0 Å². The SMILES string of the molecule is Fc1ccc(-n2cccn2)c2oc3ccccc3c12. The zero-order valence-corrected chi connectivity index (χ0v) is 9.88. The summed E-state index contributed by atoms with van der Waals surface area (Å²) in [5.74, 6) is -0.282. The molecule has 0 fully saturated rings. The minimum Gasteiger partial charge on any atom is -0.454 e. The molecule has 2 aromatic carbocycles. The van der Waals surface area contributed by atoms with E-state index in [1.807, 2.05) is 30.3 Å². The minimum absolute atomic E-state index is 0.282. The summed E-state index contributed by atoms with van der Waals surface area (Å²) in [6, 6.07) is 12.4. The molecule has 2 heterocycles. The van der Waals surface area contributed by atoms with Crippen LogP contribution in [0.5, 0.6) is 0 Å². The fourth-order valence-electron chi connectivity index (χ4n) is 2.37. The Morgan fingerprint density at radius 3 is 2.79 bits per heavy atom. The van der Waals surface area contributed by atoms with Gasteiger partial charge < -0.3 is 4.42 Å². The first-order valence-corrected chi connectivity index (χ1v) is 5.94. The molecule has 4 rings (SSSR count). The number of aromatic nitrogens is 2. The average Bonchev–Trinajstić information content (AvgIpc) is 3.06. The van der Waals surface area contributed by atoms with E-state index in [1.54, 1.807) is 23.1 Å². The summed E-state index contributed by atoms with van der Waals surface area (Å²) in [6.45, 7) is 0. The Morgan fingerprint density at radius 2 is 1.95 bits per heavy atom. The van der Waals surface area contributed by atoms with Crippen molar-refractivity contribution in [1.29, 1.82) is 0 Å². The van der Waals surface area contributed by atoms with Gasteiger partial charge in [-0.3, -0.25) is 0 Å². The molecular weight excluding hydrogens is 243 g/mol. The first-order valence-electron chi connectivity index (χ1n) is 5.94. The van der Waals surface area contributed by atoms with E-state index >= 15 is 0 Å². The molecule has 2 aromatic heterocycles. The van der Waals surface area contributed by atoms with Crippen LogP contribution >= 0.6 is 0 Å². The van der Waals surface area contributed by atoms with Gasteiger partial charge in [0.1, 0.15) is 17.1 Å². The molecule has 0 unspecified atom stereocenters. The van der Waals surface area contributed by atoms with E-state index in [0.29, 0.717) is 16.6 Å². The fourth-order valence-corrected chi connectivity index (χ4v) is 2.37. The van der Waals surface area contributed by atoms with Crippen LogP contribution in [0.25, 0.3) is 27.6 Å². The van der Waals surface area contributed by atoms with Crippen LogP contribution in [0.2, 0.25) is 0 Å². The van der Waals surface area contributed by atoms with Gasteiger partial charge in [-0.05, 0) is 24.3 Å². The van der Waals surface area contributed by atoms with Crippen molar-refractivity contribution in [2.45, 2.75) is 0 Å². The Hall–Kier alpha value is -2.62. The van der Waals surface area contributed by atoms with Crippen LogP contribution in [0.3, 0.4) is 0 Å². The van der Waals surface area contributed by atoms with Crippen LogP contribution in [0.1, 0.15) is 0 Å². The van der Waals surface area contributed by atoms with Crippen LogP contribution < -0.4 is 0 Å². The highest BCUT2D eigenvalue weighted by Crippen LogP contribution is 2.34. The lowest BCUT2D eigenvalue weighted by molar-refractivity contribution is 0.631. The van der Waals surface area contributed by atoms with Gasteiger partial charge in [0.15, 0.2) is 5.58 Å². The Bertz CT molecular complexity index is 878. The quantitative estimate of drug-likeness (QED) is 0.514. The first-order chi connectivity index (χ1) is 9.34. The van der Waals surface area contributed by atoms with Crippen molar-refractivity contribution in [2.24, 2.45) is 0 Å². The molecule has 0 N–H and O–H groups in total. The second-order valence-corrected chi connectivity index (χ2v) is 4.32. The molecule has 0 atom stereocenters. The summed E-state index contributed by atoms with van der Waals surface area (Å²) in [4.78, 5) is 0. The Morgan fingerprint density at radius 1 is 1.05 bits per heavy atom. The normalized spacial score (nSPS) is 11.4. The standard InChI is InChI=1S/C15H9FN2O/c16-11-6-7-12(18-9-3-8-17-18)15-14(11)10-4-1-2-5-13(10)19-15/h1-9H. The van der Waals surface area contributed by atoms with Gasteiger partial charge in [0.05, 0.1) is 5.39 Å². The van der Waals surface area contributed by atoms with Crippen molar-refractivity contribution in [2.75, 3.05) is 0 Å². The average molecular weight is 252 g/mol. The smallest absolute Gasteiger partial charge is 0.164 e. The highest BCUT2D eigenvalue weighted by atomic mass is 19.1. The summed E-state index contributed by atoms with van der Waals surface area (Å²) in [6.07, 6.45) is 3.48. The molecule has 3 nitrogen and oxygen atoms in total. The molecule has 19 heavy (non-hydrogen) atoms. The second-order valence-electron chi connectivity index (χ2n) is 4.32. The van der Waals surface area contributed by atoms with Crippen LogP contribution in [-0.4, -0.2) is 9.78 Å². The predicted octanol–water partition coefficient (Wildman–Crippen LogP) is 3.91. The maximum absolute atomic E-state index is 14.1. The van der Waals surface area contributed by atoms with Crippen LogP contribution in [0, 0.1) is 5.82 Å². The van der Waals surface area contributed by atoms with E-state index in [0.717, 1.165) is 11.1 Å². The topological polar surface area (TPSA) is 31.0 Å². The van der Waals surface area contributed by atoms with Gasteiger partial charge in [0.2, 0.25) is 0 Å². The summed E-state index contributed by atoms with van der Waals surface area (Å²) >= 11 is 0. The highest BCUT2D eigenvalue weighted by Gasteiger charge is 2.15. The third-order valence-electron chi connectivity index (χ3n) is 3.21. The predicted molar refractivity (Wildman–Crippen MR) is 70.8 cm³/mol. The van der Waals surface area contributed by atoms with Gasteiger partial charge >= 0.3 is 0 Å². The maximum atomic E-state index is 14.1. The van der Waals surface area contributed by atoms with E-state index in [2.05, 4.69) is 5.10 Å². The number of nitrogens with zero attached hydrogens (tertiary/aromatic N) is 2. The molecule has 0 bridgehead atoms. The molecule has 0 amide bonds. The zero-order valence-electron chi connectivity index (χ0n) is 9.88. The minimum atomic E-state index is -0.282. The van der Waals surface area contributed by atoms with E-state index in [9.17, 15) is 4.39 Å². The second kappa shape index (κ2) is 3.68. The molecule has 0 saturated carbocycles. The number of rotatable bonds is 1. The highest BCUT2D eigenvalue weighted by molar-refractivity contribution is 6.07. The molecule has 4 heteroatoms. The van der Waals surface area contributed by atoms with Crippen molar-refractivity contribution >= 4 is 21.9 Å². The number of hydrogen-bond acceptors (Lipinski definition) is 2. The van der Waals surface area contributed by atoms with E-state index in [-0.39, 0.29) is 5.82 Å².